The maximum absolute atomic E-state index is 11.9. The highest BCUT2D eigenvalue weighted by Crippen LogP contribution is 2.21. The summed E-state index contributed by atoms with van der Waals surface area (Å²) in [6.07, 6.45) is 29.4. The smallest absolute Gasteiger partial charge is 0.411 e. The van der Waals surface area contributed by atoms with E-state index in [2.05, 4.69) is 73.0 Å². The van der Waals surface area contributed by atoms with Gasteiger partial charge in [-0.25, -0.2) is 9.59 Å². The standard InChI is InChI=1S/C33H45NO7/c1-2-3-4-5-6-7-8-9-10-11-12-13-14-15-16-17-18-19-24-40-27-29(35)21-20-25-41-33(39)34-28-22-23-31(36)30(26-28)32(37)38/h3-4,6-7,9-10,12-13,15-16,22-23,26,36H,2,5,8,11,14,17-21,24-25,27H2,1H3,(H,34,39)(H,37,38)/b4-3-,7-6-,10-9-,13-12-,16-15-. The van der Waals surface area contributed by atoms with Crippen LogP contribution < -0.4 is 5.32 Å². The first-order chi connectivity index (χ1) is 19.9. The van der Waals surface area contributed by atoms with Gasteiger partial charge in [0.1, 0.15) is 17.9 Å². The molecule has 0 heterocycles. The molecule has 1 aromatic rings. The second kappa shape index (κ2) is 23.9. The molecule has 8 heteroatoms. The summed E-state index contributed by atoms with van der Waals surface area (Å²) in [5.74, 6) is -1.77. The Hall–Kier alpha value is -3.91. The SMILES string of the molecule is CC/C=C\C/C=C\C/C=C\C/C=C\C/C=C\CCCCOCC(=O)CCCOC(=O)Nc1ccc(O)c(C(=O)O)c1. The van der Waals surface area contributed by atoms with E-state index in [1.165, 1.54) is 12.1 Å². The number of rotatable bonds is 22. The fourth-order valence-corrected chi connectivity index (χ4v) is 3.47. The second-order valence-corrected chi connectivity index (χ2v) is 9.20. The number of phenols is 1. The number of allylic oxidation sites excluding steroid dienone is 10. The summed E-state index contributed by atoms with van der Waals surface area (Å²) in [6.45, 7) is 2.74. The average molecular weight is 568 g/mol. The van der Waals surface area contributed by atoms with Crippen LogP contribution >= 0.6 is 0 Å². The minimum Gasteiger partial charge on any atom is -0.507 e. The molecule has 0 atom stereocenters. The van der Waals surface area contributed by atoms with Crippen LogP contribution in [0.25, 0.3) is 0 Å². The Morgan fingerprint density at radius 2 is 1.41 bits per heavy atom. The highest BCUT2D eigenvalue weighted by Gasteiger charge is 2.12. The van der Waals surface area contributed by atoms with Gasteiger partial charge in [0.25, 0.3) is 0 Å². The number of carbonyl (C=O) groups excluding carboxylic acids is 2. The summed E-state index contributed by atoms with van der Waals surface area (Å²) >= 11 is 0. The number of Topliss-reactive ketones (excluding diaryl/α,β-unsaturated/α-hetero) is 1. The Bertz CT molecular complexity index is 1050. The van der Waals surface area contributed by atoms with E-state index in [0.717, 1.165) is 57.4 Å². The Kier molecular flexibility index (Phi) is 20.5. The molecule has 3 N–H and O–H groups in total. The van der Waals surface area contributed by atoms with Gasteiger partial charge in [-0.15, -0.1) is 0 Å². The maximum atomic E-state index is 11.9. The molecular formula is C33H45NO7. The number of carboxylic acid groups (broad SMARTS) is 1. The van der Waals surface area contributed by atoms with Crippen LogP contribution in [0.3, 0.4) is 0 Å². The molecule has 0 aromatic heterocycles. The lowest BCUT2D eigenvalue weighted by atomic mass is 10.2. The first-order valence-corrected chi connectivity index (χ1v) is 14.3. The first kappa shape index (κ1) is 35.1. The van der Waals surface area contributed by atoms with Crippen molar-refractivity contribution in [3.63, 3.8) is 0 Å². The van der Waals surface area contributed by atoms with Crippen LogP contribution in [0.2, 0.25) is 0 Å². The monoisotopic (exact) mass is 567 g/mol. The minimum absolute atomic E-state index is 0.0364. The molecule has 1 aromatic carbocycles. The van der Waals surface area contributed by atoms with Crippen molar-refractivity contribution in [1.29, 1.82) is 0 Å². The number of ketones is 1. The van der Waals surface area contributed by atoms with Crippen LogP contribution in [-0.2, 0) is 14.3 Å². The zero-order valence-electron chi connectivity index (χ0n) is 24.1. The summed E-state index contributed by atoms with van der Waals surface area (Å²) in [6, 6.07) is 3.65. The Balaban J connectivity index is 1.97. The Labute approximate surface area is 244 Å². The molecule has 1 rings (SSSR count). The minimum atomic E-state index is -1.31. The van der Waals surface area contributed by atoms with Crippen LogP contribution in [0, 0.1) is 0 Å². The van der Waals surface area contributed by atoms with Gasteiger partial charge in [0.2, 0.25) is 0 Å². The van der Waals surface area contributed by atoms with Crippen LogP contribution in [-0.4, -0.2) is 47.9 Å². The molecule has 8 nitrogen and oxygen atoms in total. The largest absolute Gasteiger partial charge is 0.507 e. The topological polar surface area (TPSA) is 122 Å². The van der Waals surface area contributed by atoms with Gasteiger partial charge in [0, 0.05) is 18.7 Å². The molecule has 0 aliphatic rings. The summed E-state index contributed by atoms with van der Waals surface area (Å²) in [5, 5.41) is 20.9. The zero-order chi connectivity index (χ0) is 30.0. The van der Waals surface area contributed by atoms with Crippen molar-refractivity contribution in [1.82, 2.24) is 0 Å². The van der Waals surface area contributed by atoms with E-state index in [9.17, 15) is 19.5 Å². The third-order valence-corrected chi connectivity index (χ3v) is 5.64. The lowest BCUT2D eigenvalue weighted by Gasteiger charge is -2.08. The summed E-state index contributed by atoms with van der Waals surface area (Å²) in [5.41, 5.74) is -0.154. The number of anilines is 1. The van der Waals surface area contributed by atoms with Gasteiger partial charge >= 0.3 is 12.1 Å². The highest BCUT2D eigenvalue weighted by atomic mass is 16.5. The van der Waals surface area contributed by atoms with Gasteiger partial charge in [-0.3, -0.25) is 10.1 Å². The number of carbonyl (C=O) groups is 3. The van der Waals surface area contributed by atoms with Crippen molar-refractivity contribution < 1.29 is 34.1 Å². The van der Waals surface area contributed by atoms with Crippen LogP contribution in [0.1, 0.15) is 81.5 Å². The fourth-order valence-electron chi connectivity index (χ4n) is 3.47. The van der Waals surface area contributed by atoms with E-state index in [-0.39, 0.29) is 36.7 Å². The van der Waals surface area contributed by atoms with E-state index in [4.69, 9.17) is 14.6 Å². The number of hydrogen-bond acceptors (Lipinski definition) is 6. The van der Waals surface area contributed by atoms with Crippen molar-refractivity contribution >= 4 is 23.5 Å². The van der Waals surface area contributed by atoms with Crippen molar-refractivity contribution in [3.8, 4) is 5.75 Å². The highest BCUT2D eigenvalue weighted by molar-refractivity contribution is 5.94. The normalized spacial score (nSPS) is 11.9. The molecule has 0 bridgehead atoms. The van der Waals surface area contributed by atoms with Gasteiger partial charge in [-0.05, 0) is 76.0 Å². The van der Waals surface area contributed by atoms with Crippen LogP contribution in [0.15, 0.2) is 79.0 Å². The number of carboxylic acids is 1. The van der Waals surface area contributed by atoms with Gasteiger partial charge < -0.3 is 19.7 Å². The van der Waals surface area contributed by atoms with E-state index in [0.29, 0.717) is 13.0 Å². The zero-order valence-corrected chi connectivity index (χ0v) is 24.1. The van der Waals surface area contributed by atoms with E-state index in [1.54, 1.807) is 0 Å². The third-order valence-electron chi connectivity index (χ3n) is 5.64. The van der Waals surface area contributed by atoms with Crippen molar-refractivity contribution in [2.24, 2.45) is 0 Å². The lowest BCUT2D eigenvalue weighted by Crippen LogP contribution is -2.16. The number of unbranched alkanes of at least 4 members (excludes halogenated alkanes) is 2. The fraction of sp³-hybridized carbons (Fsp3) is 0.424. The Morgan fingerprint density at radius 1 is 0.805 bits per heavy atom. The van der Waals surface area contributed by atoms with Crippen molar-refractivity contribution in [3.05, 3.63) is 84.5 Å². The Morgan fingerprint density at radius 3 is 2.02 bits per heavy atom. The predicted molar refractivity (Wildman–Crippen MR) is 163 cm³/mol. The molecule has 0 saturated carbocycles. The van der Waals surface area contributed by atoms with Gasteiger partial charge in [-0.2, -0.15) is 0 Å². The molecule has 0 aliphatic carbocycles. The second-order valence-electron chi connectivity index (χ2n) is 9.20. The van der Waals surface area contributed by atoms with E-state index >= 15 is 0 Å². The third kappa shape index (κ3) is 19.7. The quantitative estimate of drug-likeness (QED) is 0.0739. The number of aromatic carboxylic acids is 1. The predicted octanol–water partition coefficient (Wildman–Crippen LogP) is 7.93. The number of aromatic hydroxyl groups is 1. The van der Waals surface area contributed by atoms with Crippen LogP contribution in [0.5, 0.6) is 5.75 Å². The first-order valence-electron chi connectivity index (χ1n) is 14.3. The van der Waals surface area contributed by atoms with Crippen LogP contribution in [0.4, 0.5) is 10.5 Å². The summed E-state index contributed by atoms with van der Waals surface area (Å²) < 4.78 is 10.4. The molecule has 0 unspecified atom stereocenters. The molecule has 0 saturated heterocycles. The summed E-state index contributed by atoms with van der Waals surface area (Å²) in [4.78, 5) is 34.8. The lowest BCUT2D eigenvalue weighted by molar-refractivity contribution is -0.123. The molecular weight excluding hydrogens is 522 g/mol. The van der Waals surface area contributed by atoms with E-state index in [1.807, 2.05) is 0 Å². The number of hydrogen-bond donors (Lipinski definition) is 3. The average Bonchev–Trinajstić information content (AvgIpc) is 2.95. The molecule has 224 valence electrons. The molecule has 0 spiro atoms. The number of benzene rings is 1. The molecule has 0 radical (unpaired) electrons. The van der Waals surface area contributed by atoms with Gasteiger partial charge in [0.05, 0.1) is 6.61 Å². The van der Waals surface area contributed by atoms with Gasteiger partial charge in [0.15, 0.2) is 5.78 Å². The van der Waals surface area contributed by atoms with Crippen molar-refractivity contribution in [2.75, 3.05) is 25.1 Å². The molecule has 1 amide bonds. The maximum Gasteiger partial charge on any atom is 0.411 e. The molecule has 0 aliphatic heterocycles. The van der Waals surface area contributed by atoms with Crippen molar-refractivity contribution in [2.45, 2.75) is 71.1 Å². The van der Waals surface area contributed by atoms with E-state index < -0.39 is 17.8 Å². The number of ether oxygens (including phenoxy) is 2. The number of amides is 1. The molecule has 41 heavy (non-hydrogen) atoms. The van der Waals surface area contributed by atoms with Gasteiger partial charge in [-0.1, -0.05) is 67.7 Å². The number of nitrogens with one attached hydrogen (secondary N) is 1. The summed E-state index contributed by atoms with van der Waals surface area (Å²) in [7, 11) is 0. The molecule has 0 fully saturated rings.